The molecule has 6 nitrogen and oxygen atoms in total. The average molecular weight is 482 g/mol. The predicted octanol–water partition coefficient (Wildman–Crippen LogP) is 4.88. The first kappa shape index (κ1) is 22.6. The number of anilines is 1. The minimum absolute atomic E-state index is 0.118. The summed E-state index contributed by atoms with van der Waals surface area (Å²) in [5.74, 6) is -0.983. The van der Waals surface area contributed by atoms with Crippen molar-refractivity contribution in [3.8, 4) is 0 Å². The van der Waals surface area contributed by atoms with Gasteiger partial charge in [-0.25, -0.2) is 12.8 Å². The van der Waals surface area contributed by atoms with E-state index in [1.807, 2.05) is 6.92 Å². The van der Waals surface area contributed by atoms with Crippen LogP contribution in [0.1, 0.15) is 15.9 Å². The zero-order chi connectivity index (χ0) is 23.6. The van der Waals surface area contributed by atoms with Gasteiger partial charge in [0.15, 0.2) is 4.80 Å². The van der Waals surface area contributed by atoms with Gasteiger partial charge in [-0.15, -0.1) is 6.58 Å². The Morgan fingerprint density at radius 1 is 1.15 bits per heavy atom. The summed E-state index contributed by atoms with van der Waals surface area (Å²) in [4.78, 5) is 17.5. The summed E-state index contributed by atoms with van der Waals surface area (Å²) in [6.07, 6.45) is 1.60. The van der Waals surface area contributed by atoms with Crippen LogP contribution in [0.5, 0.6) is 0 Å². The molecule has 0 saturated carbocycles. The van der Waals surface area contributed by atoms with Crippen molar-refractivity contribution < 1.29 is 17.6 Å². The number of aromatic nitrogens is 1. The number of hydrogen-bond acceptors (Lipinski definition) is 4. The van der Waals surface area contributed by atoms with Crippen molar-refractivity contribution in [2.24, 2.45) is 4.99 Å². The molecule has 0 aliphatic carbocycles. The number of hydrogen-bond donors (Lipinski definition) is 1. The number of para-hydroxylation sites is 1. The molecular weight excluding hydrogens is 461 g/mol. The van der Waals surface area contributed by atoms with Gasteiger partial charge in [0.2, 0.25) is 0 Å². The Morgan fingerprint density at radius 3 is 2.61 bits per heavy atom. The molecule has 4 rings (SSSR count). The number of halogens is 1. The molecule has 1 aromatic heterocycles. The summed E-state index contributed by atoms with van der Waals surface area (Å²) in [6.45, 7) is 5.84. The number of carbonyl (C=O) groups excluding carboxylic acids is 1. The highest BCUT2D eigenvalue weighted by Crippen LogP contribution is 2.21. The second-order valence-corrected chi connectivity index (χ2v) is 9.98. The monoisotopic (exact) mass is 481 g/mol. The number of sulfonamides is 1. The van der Waals surface area contributed by atoms with Crippen LogP contribution >= 0.6 is 11.3 Å². The zero-order valence-corrected chi connectivity index (χ0v) is 19.3. The Bertz CT molecular complexity index is 1540. The quantitative estimate of drug-likeness (QED) is 0.399. The van der Waals surface area contributed by atoms with Gasteiger partial charge in [0.1, 0.15) is 5.82 Å². The Morgan fingerprint density at radius 2 is 1.88 bits per heavy atom. The molecule has 1 N–H and O–H groups in total. The number of nitrogens with one attached hydrogen (secondary N) is 1. The van der Waals surface area contributed by atoms with E-state index in [4.69, 9.17) is 0 Å². The van der Waals surface area contributed by atoms with E-state index in [9.17, 15) is 17.6 Å². The molecule has 0 aliphatic heterocycles. The van der Waals surface area contributed by atoms with Crippen molar-refractivity contribution in [2.45, 2.75) is 18.4 Å². The minimum atomic E-state index is -3.81. The third kappa shape index (κ3) is 4.79. The Hall–Kier alpha value is -3.56. The van der Waals surface area contributed by atoms with Crippen LogP contribution in [-0.2, 0) is 16.6 Å². The Kier molecular flexibility index (Phi) is 6.26. The lowest BCUT2D eigenvalue weighted by Gasteiger charge is -2.09. The van der Waals surface area contributed by atoms with Crippen LogP contribution < -0.4 is 9.52 Å². The fourth-order valence-corrected chi connectivity index (χ4v) is 5.37. The first-order valence-electron chi connectivity index (χ1n) is 9.96. The molecule has 0 radical (unpaired) electrons. The third-order valence-corrected chi connectivity index (χ3v) is 7.29. The van der Waals surface area contributed by atoms with Gasteiger partial charge in [0.05, 0.1) is 15.1 Å². The molecule has 0 unspecified atom stereocenters. The molecular formula is C24H20FN3O3S2. The molecule has 0 fully saturated rings. The zero-order valence-electron chi connectivity index (χ0n) is 17.7. The van der Waals surface area contributed by atoms with E-state index < -0.39 is 21.7 Å². The number of benzene rings is 3. The lowest BCUT2D eigenvalue weighted by molar-refractivity contribution is 0.0998. The highest BCUT2D eigenvalue weighted by atomic mass is 32.2. The standard InChI is InChI=1S/C24H20FN3O3S2/c1-3-14-28-22-20(25)8-5-9-21(22)32-24(28)26-23(29)17-6-4-7-18(15-17)27-33(30,31)19-12-10-16(2)11-13-19/h3-13,15,27H,1,14H2,2H3. The number of fused-ring (bicyclic) bond motifs is 1. The second kappa shape index (κ2) is 9.13. The van der Waals surface area contributed by atoms with Gasteiger partial charge < -0.3 is 4.57 Å². The fraction of sp³-hybridized carbons (Fsp3) is 0.0833. The average Bonchev–Trinajstić information content (AvgIpc) is 3.12. The predicted molar refractivity (Wildman–Crippen MR) is 128 cm³/mol. The largest absolute Gasteiger partial charge is 0.310 e. The van der Waals surface area contributed by atoms with Crippen LogP contribution in [0.15, 0.2) is 89.3 Å². The molecule has 1 amide bonds. The molecule has 9 heteroatoms. The summed E-state index contributed by atoms with van der Waals surface area (Å²) in [5, 5.41) is 0. The van der Waals surface area contributed by atoms with Gasteiger partial charge in [-0.3, -0.25) is 9.52 Å². The smallest absolute Gasteiger partial charge is 0.279 e. The van der Waals surface area contributed by atoms with Gasteiger partial charge in [0.25, 0.3) is 15.9 Å². The molecule has 1 heterocycles. The lowest BCUT2D eigenvalue weighted by Crippen LogP contribution is -2.17. The molecule has 3 aromatic carbocycles. The van der Waals surface area contributed by atoms with Crippen molar-refractivity contribution in [1.29, 1.82) is 0 Å². The summed E-state index contributed by atoms with van der Waals surface area (Å²) >= 11 is 1.19. The van der Waals surface area contributed by atoms with Crippen molar-refractivity contribution >= 4 is 43.2 Å². The van der Waals surface area contributed by atoms with Crippen LogP contribution in [0.3, 0.4) is 0 Å². The number of thiazole rings is 1. The highest BCUT2D eigenvalue weighted by Gasteiger charge is 2.16. The van der Waals surface area contributed by atoms with E-state index >= 15 is 0 Å². The van der Waals surface area contributed by atoms with Gasteiger partial charge in [-0.2, -0.15) is 4.99 Å². The van der Waals surface area contributed by atoms with Crippen molar-refractivity contribution in [3.63, 3.8) is 0 Å². The maximum absolute atomic E-state index is 14.4. The van der Waals surface area contributed by atoms with Crippen LogP contribution in [0, 0.1) is 12.7 Å². The second-order valence-electron chi connectivity index (χ2n) is 7.29. The van der Waals surface area contributed by atoms with E-state index in [1.165, 1.54) is 35.6 Å². The Labute approximate surface area is 194 Å². The molecule has 0 aliphatic rings. The number of carbonyl (C=O) groups is 1. The molecule has 0 saturated heterocycles. The molecule has 0 bridgehead atoms. The van der Waals surface area contributed by atoms with Gasteiger partial charge in [0, 0.05) is 17.8 Å². The topological polar surface area (TPSA) is 80.5 Å². The van der Waals surface area contributed by atoms with Gasteiger partial charge in [-0.05, 0) is 49.4 Å². The van der Waals surface area contributed by atoms with E-state index in [2.05, 4.69) is 16.3 Å². The number of rotatable bonds is 6. The molecule has 0 spiro atoms. The van der Waals surface area contributed by atoms with Crippen LogP contribution in [-0.4, -0.2) is 18.9 Å². The van der Waals surface area contributed by atoms with E-state index in [0.29, 0.717) is 15.0 Å². The van der Waals surface area contributed by atoms with Crippen molar-refractivity contribution in [3.05, 3.63) is 101 Å². The maximum Gasteiger partial charge on any atom is 0.279 e. The van der Waals surface area contributed by atoms with Crippen molar-refractivity contribution in [1.82, 2.24) is 4.57 Å². The SMILES string of the molecule is C=CCn1c(=NC(=O)c2cccc(NS(=O)(=O)c3ccc(C)cc3)c2)sc2cccc(F)c21. The van der Waals surface area contributed by atoms with Crippen LogP contribution in [0.4, 0.5) is 10.1 Å². The molecule has 168 valence electrons. The maximum atomic E-state index is 14.4. The van der Waals surface area contributed by atoms with Crippen molar-refractivity contribution in [2.75, 3.05) is 4.72 Å². The first-order valence-corrected chi connectivity index (χ1v) is 12.3. The summed E-state index contributed by atoms with van der Waals surface area (Å²) < 4.78 is 44.4. The molecule has 0 atom stereocenters. The summed E-state index contributed by atoms with van der Waals surface area (Å²) in [6, 6.07) is 17.2. The highest BCUT2D eigenvalue weighted by molar-refractivity contribution is 7.92. The van der Waals surface area contributed by atoms with Gasteiger partial charge >= 0.3 is 0 Å². The van der Waals surface area contributed by atoms with Gasteiger partial charge in [-0.1, -0.05) is 47.2 Å². The van der Waals surface area contributed by atoms with E-state index in [-0.39, 0.29) is 22.7 Å². The normalized spacial score (nSPS) is 12.1. The van der Waals surface area contributed by atoms with E-state index in [0.717, 1.165) is 5.56 Å². The molecule has 4 aromatic rings. The van der Waals surface area contributed by atoms with Crippen LogP contribution in [0.2, 0.25) is 0 Å². The Balaban J connectivity index is 1.68. The number of aryl methyl sites for hydroxylation is 1. The minimum Gasteiger partial charge on any atom is -0.310 e. The summed E-state index contributed by atoms with van der Waals surface area (Å²) in [7, 11) is -3.81. The third-order valence-electron chi connectivity index (χ3n) is 4.85. The number of nitrogens with zero attached hydrogens (tertiary/aromatic N) is 2. The fourth-order valence-electron chi connectivity index (χ4n) is 3.27. The summed E-state index contributed by atoms with van der Waals surface area (Å²) in [5.41, 5.74) is 1.73. The van der Waals surface area contributed by atoms with E-state index in [1.54, 1.807) is 53.1 Å². The lowest BCUT2D eigenvalue weighted by atomic mass is 10.2. The number of allylic oxidation sites excluding steroid dienone is 1. The van der Waals surface area contributed by atoms with Crippen LogP contribution in [0.25, 0.3) is 10.2 Å². The number of amides is 1. The first-order chi connectivity index (χ1) is 15.8. The molecule has 33 heavy (non-hydrogen) atoms.